The Morgan fingerprint density at radius 1 is 1.28 bits per heavy atom. The van der Waals surface area contributed by atoms with Crippen LogP contribution in [-0.4, -0.2) is 29.0 Å². The Hall–Kier alpha value is -1.35. The van der Waals surface area contributed by atoms with Gasteiger partial charge in [-0.1, -0.05) is 25.1 Å². The molecule has 0 fully saturated rings. The fraction of sp³-hybridized carbons (Fsp3) is 0.533. The van der Waals surface area contributed by atoms with Gasteiger partial charge in [-0.25, -0.2) is 0 Å². The summed E-state index contributed by atoms with van der Waals surface area (Å²) in [5.41, 5.74) is 2.34. The van der Waals surface area contributed by atoms with Gasteiger partial charge in [0.1, 0.15) is 0 Å². The molecule has 0 radical (unpaired) electrons. The Labute approximate surface area is 109 Å². The number of aliphatic hydroxyl groups is 1. The highest BCUT2D eigenvalue weighted by Gasteiger charge is 2.21. The van der Waals surface area contributed by atoms with Crippen LogP contribution in [0.3, 0.4) is 0 Å². The molecule has 0 aliphatic heterocycles. The Kier molecular flexibility index (Phi) is 5.35. The average molecular weight is 249 g/mol. The van der Waals surface area contributed by atoms with Gasteiger partial charge in [0.05, 0.1) is 6.10 Å². The van der Waals surface area contributed by atoms with Crippen LogP contribution < -0.4 is 0 Å². The van der Waals surface area contributed by atoms with Crippen molar-refractivity contribution < 1.29 is 9.90 Å². The minimum atomic E-state index is -0.570. The van der Waals surface area contributed by atoms with E-state index in [9.17, 15) is 9.90 Å². The van der Waals surface area contributed by atoms with Gasteiger partial charge in [0.15, 0.2) is 0 Å². The van der Waals surface area contributed by atoms with E-state index in [4.69, 9.17) is 0 Å². The highest BCUT2D eigenvalue weighted by atomic mass is 16.3. The number of hydrogen-bond donors (Lipinski definition) is 1. The summed E-state index contributed by atoms with van der Waals surface area (Å²) in [4.78, 5) is 14.3. The lowest BCUT2D eigenvalue weighted by atomic mass is 9.95. The first-order chi connectivity index (χ1) is 8.56. The van der Waals surface area contributed by atoms with E-state index in [0.29, 0.717) is 25.1 Å². The van der Waals surface area contributed by atoms with Crippen LogP contribution in [-0.2, 0) is 0 Å². The van der Waals surface area contributed by atoms with Crippen LogP contribution in [0, 0.1) is 6.92 Å². The second-order valence-electron chi connectivity index (χ2n) is 4.44. The highest BCUT2D eigenvalue weighted by molar-refractivity contribution is 5.97. The maximum absolute atomic E-state index is 12.5. The van der Waals surface area contributed by atoms with Crippen molar-refractivity contribution in [3.63, 3.8) is 0 Å². The molecule has 1 amide bonds. The molecule has 0 aliphatic rings. The van der Waals surface area contributed by atoms with E-state index in [2.05, 4.69) is 0 Å². The van der Waals surface area contributed by atoms with Gasteiger partial charge in [-0.15, -0.1) is 0 Å². The minimum Gasteiger partial charge on any atom is -0.388 e. The Bertz CT molecular complexity index is 411. The van der Waals surface area contributed by atoms with Crippen molar-refractivity contribution in [1.82, 2.24) is 4.90 Å². The van der Waals surface area contributed by atoms with Crippen molar-refractivity contribution in [2.24, 2.45) is 0 Å². The summed E-state index contributed by atoms with van der Waals surface area (Å²) in [6.07, 6.45) is 0.0431. The summed E-state index contributed by atoms with van der Waals surface area (Å²) >= 11 is 0. The van der Waals surface area contributed by atoms with E-state index in [1.807, 2.05) is 45.9 Å². The smallest absolute Gasteiger partial charge is 0.254 e. The fourth-order valence-corrected chi connectivity index (χ4v) is 2.15. The molecule has 1 N–H and O–H groups in total. The summed E-state index contributed by atoms with van der Waals surface area (Å²) in [6.45, 7) is 9.14. The van der Waals surface area contributed by atoms with Crippen molar-refractivity contribution >= 4 is 5.91 Å². The Morgan fingerprint density at radius 2 is 1.89 bits per heavy atom. The molecule has 0 bridgehead atoms. The number of nitrogens with zero attached hydrogens (tertiary/aromatic N) is 1. The van der Waals surface area contributed by atoms with Gasteiger partial charge in [0.2, 0.25) is 0 Å². The molecule has 3 heteroatoms. The summed E-state index contributed by atoms with van der Waals surface area (Å²) in [6, 6.07) is 5.66. The van der Waals surface area contributed by atoms with E-state index < -0.39 is 6.10 Å². The first kappa shape index (κ1) is 14.7. The second kappa shape index (κ2) is 6.55. The molecule has 0 aliphatic carbocycles. The van der Waals surface area contributed by atoms with Gasteiger partial charge >= 0.3 is 0 Å². The van der Waals surface area contributed by atoms with Gasteiger partial charge < -0.3 is 10.0 Å². The Balaban J connectivity index is 3.25. The highest BCUT2D eigenvalue weighted by Crippen LogP contribution is 2.24. The average Bonchev–Trinajstić information content (AvgIpc) is 2.38. The van der Waals surface area contributed by atoms with E-state index in [1.54, 1.807) is 4.90 Å². The maximum Gasteiger partial charge on any atom is 0.254 e. The van der Waals surface area contributed by atoms with Gasteiger partial charge in [0.25, 0.3) is 5.91 Å². The van der Waals surface area contributed by atoms with Crippen LogP contribution >= 0.6 is 0 Å². The van der Waals surface area contributed by atoms with Gasteiger partial charge in [-0.2, -0.15) is 0 Å². The summed E-state index contributed by atoms with van der Waals surface area (Å²) in [7, 11) is 0. The number of aliphatic hydroxyl groups excluding tert-OH is 1. The zero-order valence-corrected chi connectivity index (χ0v) is 11.7. The van der Waals surface area contributed by atoms with Crippen molar-refractivity contribution in [3.05, 3.63) is 34.9 Å². The van der Waals surface area contributed by atoms with E-state index in [1.165, 1.54) is 0 Å². The molecule has 0 saturated heterocycles. The van der Waals surface area contributed by atoms with Crippen molar-refractivity contribution in [1.29, 1.82) is 0 Å². The molecule has 0 saturated carbocycles. The molecule has 3 nitrogen and oxygen atoms in total. The largest absolute Gasteiger partial charge is 0.388 e. The van der Waals surface area contributed by atoms with E-state index in [-0.39, 0.29) is 5.91 Å². The number of aryl methyl sites for hydroxylation is 1. The van der Waals surface area contributed by atoms with Crippen molar-refractivity contribution in [2.45, 2.75) is 40.2 Å². The van der Waals surface area contributed by atoms with Gasteiger partial charge in [0, 0.05) is 18.7 Å². The van der Waals surface area contributed by atoms with Crippen LogP contribution in [0.4, 0.5) is 0 Å². The van der Waals surface area contributed by atoms with Crippen molar-refractivity contribution in [2.75, 3.05) is 13.1 Å². The van der Waals surface area contributed by atoms with Crippen LogP contribution in [0.25, 0.3) is 0 Å². The number of carbonyl (C=O) groups excluding carboxylic acids is 1. The third-order valence-electron chi connectivity index (χ3n) is 3.32. The zero-order valence-electron chi connectivity index (χ0n) is 11.7. The van der Waals surface area contributed by atoms with Crippen molar-refractivity contribution in [3.8, 4) is 0 Å². The molecule has 1 rings (SSSR count). The summed E-state index contributed by atoms with van der Waals surface area (Å²) in [5.74, 6) is 0.0144. The molecule has 100 valence electrons. The molecule has 0 heterocycles. The molecular formula is C15H23NO2. The van der Waals surface area contributed by atoms with Gasteiger partial charge in [-0.3, -0.25) is 4.79 Å². The summed E-state index contributed by atoms with van der Waals surface area (Å²) < 4.78 is 0. The third kappa shape index (κ3) is 2.91. The normalized spacial score (nSPS) is 12.3. The second-order valence-corrected chi connectivity index (χ2v) is 4.44. The predicted molar refractivity (Wildman–Crippen MR) is 73.7 cm³/mol. The quantitative estimate of drug-likeness (QED) is 0.871. The SMILES string of the molecule is CC[C@@H](O)c1cccc(C)c1C(=O)N(CC)CC. The molecule has 0 aromatic heterocycles. The predicted octanol–water partition coefficient (Wildman–Crippen LogP) is 2.92. The molecule has 18 heavy (non-hydrogen) atoms. The number of carbonyl (C=O) groups is 1. The van der Waals surface area contributed by atoms with Gasteiger partial charge in [-0.05, 0) is 38.3 Å². The number of amides is 1. The topological polar surface area (TPSA) is 40.5 Å². The monoisotopic (exact) mass is 249 g/mol. The van der Waals surface area contributed by atoms with Crippen LogP contribution in [0.2, 0.25) is 0 Å². The van der Waals surface area contributed by atoms with Crippen LogP contribution in [0.15, 0.2) is 18.2 Å². The van der Waals surface area contributed by atoms with Crippen LogP contribution in [0.5, 0.6) is 0 Å². The zero-order chi connectivity index (χ0) is 13.7. The third-order valence-corrected chi connectivity index (χ3v) is 3.32. The lowest BCUT2D eigenvalue weighted by Crippen LogP contribution is -2.32. The van der Waals surface area contributed by atoms with E-state index >= 15 is 0 Å². The maximum atomic E-state index is 12.5. The lowest BCUT2D eigenvalue weighted by molar-refractivity contribution is 0.0764. The molecule has 1 aromatic carbocycles. The lowest BCUT2D eigenvalue weighted by Gasteiger charge is -2.23. The van der Waals surface area contributed by atoms with E-state index in [0.717, 1.165) is 11.1 Å². The number of rotatable bonds is 5. The fourth-order valence-electron chi connectivity index (χ4n) is 2.15. The standard InChI is InChI=1S/C15H23NO2/c1-5-13(17)12-10-8-9-11(4)14(12)15(18)16(6-2)7-3/h8-10,13,17H,5-7H2,1-4H3/t13-/m1/s1. The minimum absolute atomic E-state index is 0.0144. The molecule has 1 atom stereocenters. The number of benzene rings is 1. The molecule has 0 spiro atoms. The molecular weight excluding hydrogens is 226 g/mol. The molecule has 0 unspecified atom stereocenters. The Morgan fingerprint density at radius 3 is 2.39 bits per heavy atom. The van der Waals surface area contributed by atoms with Crippen LogP contribution in [0.1, 0.15) is 54.8 Å². The molecule has 1 aromatic rings. The summed E-state index contributed by atoms with van der Waals surface area (Å²) in [5, 5.41) is 10.0. The first-order valence-corrected chi connectivity index (χ1v) is 6.63. The first-order valence-electron chi connectivity index (χ1n) is 6.63. The number of hydrogen-bond acceptors (Lipinski definition) is 2.